The molecule has 1 amide bonds. The average Bonchev–Trinajstić information content (AvgIpc) is 3.74. The minimum atomic E-state index is -0.241. The van der Waals surface area contributed by atoms with Crippen molar-refractivity contribution in [1.82, 2.24) is 9.88 Å². The number of benzene rings is 2. The number of amides is 1. The molecule has 3 atom stereocenters. The van der Waals surface area contributed by atoms with Crippen molar-refractivity contribution in [3.63, 3.8) is 0 Å². The van der Waals surface area contributed by atoms with Crippen molar-refractivity contribution in [1.29, 1.82) is 5.26 Å². The second kappa shape index (κ2) is 11.4. The minimum Gasteiger partial charge on any atom is -0.496 e. The molecule has 2 saturated heterocycles. The van der Waals surface area contributed by atoms with E-state index in [4.69, 9.17) is 18.6 Å². The highest BCUT2D eigenvalue weighted by molar-refractivity contribution is 5.97. The van der Waals surface area contributed by atoms with Crippen LogP contribution in [0, 0.1) is 23.2 Å². The lowest BCUT2D eigenvalue weighted by Gasteiger charge is -2.23. The first-order valence-corrected chi connectivity index (χ1v) is 14.8. The number of nitriles is 1. The first kappa shape index (κ1) is 27.4. The van der Waals surface area contributed by atoms with Gasteiger partial charge in [0.15, 0.2) is 5.58 Å². The highest BCUT2D eigenvalue weighted by atomic mass is 16.5. The highest BCUT2D eigenvalue weighted by Crippen LogP contribution is 2.41. The molecule has 3 aliphatic rings. The molecule has 4 heterocycles. The number of rotatable bonds is 6. The van der Waals surface area contributed by atoms with Gasteiger partial charge in [-0.3, -0.25) is 9.78 Å². The van der Waals surface area contributed by atoms with E-state index in [1.165, 1.54) is 0 Å². The number of likely N-dealkylation sites (tertiary alicyclic amines) is 1. The van der Waals surface area contributed by atoms with E-state index in [-0.39, 0.29) is 18.1 Å². The van der Waals surface area contributed by atoms with Gasteiger partial charge in [0.05, 0.1) is 37.6 Å². The molecule has 43 heavy (non-hydrogen) atoms. The maximum absolute atomic E-state index is 13.3. The second-order valence-electron chi connectivity index (χ2n) is 11.7. The topological polar surface area (TPSA) is 118 Å². The molecule has 0 radical (unpaired) electrons. The number of ether oxygens (including phenoxy) is 3. The van der Waals surface area contributed by atoms with Crippen LogP contribution in [0.15, 0.2) is 59.1 Å². The Morgan fingerprint density at radius 3 is 2.56 bits per heavy atom. The van der Waals surface area contributed by atoms with Crippen molar-refractivity contribution < 1.29 is 28.5 Å². The number of aromatic nitrogens is 1. The Morgan fingerprint density at radius 1 is 1.02 bits per heavy atom. The van der Waals surface area contributed by atoms with Gasteiger partial charge in [-0.1, -0.05) is 6.07 Å². The van der Waals surface area contributed by atoms with Gasteiger partial charge in [-0.25, -0.2) is 0 Å². The molecule has 3 fully saturated rings. The molecule has 2 aromatic heterocycles. The van der Waals surface area contributed by atoms with Gasteiger partial charge in [-0.15, -0.1) is 0 Å². The maximum Gasteiger partial charge on any atom is 0.254 e. The van der Waals surface area contributed by atoms with Crippen molar-refractivity contribution in [2.24, 2.45) is 11.8 Å². The number of aliphatic hydroxyl groups is 1. The molecule has 1 N–H and O–H groups in total. The van der Waals surface area contributed by atoms with E-state index in [9.17, 15) is 15.2 Å². The zero-order valence-corrected chi connectivity index (χ0v) is 24.0. The normalized spacial score (nSPS) is 22.0. The Kier molecular flexibility index (Phi) is 7.25. The van der Waals surface area contributed by atoms with Gasteiger partial charge in [-0.05, 0) is 66.6 Å². The lowest BCUT2D eigenvalue weighted by Crippen LogP contribution is -2.30. The summed E-state index contributed by atoms with van der Waals surface area (Å²) in [5.74, 6) is 2.38. The lowest BCUT2D eigenvalue weighted by atomic mass is 10.0. The Morgan fingerprint density at radius 2 is 1.81 bits per heavy atom. The lowest BCUT2D eigenvalue weighted by molar-refractivity contribution is 0.0254. The second-order valence-corrected chi connectivity index (χ2v) is 11.7. The average molecular weight is 580 g/mol. The summed E-state index contributed by atoms with van der Waals surface area (Å²) in [4.78, 5) is 19.8. The SMILES string of the molecule is COc1cc(C(=O)N2CC3C[C@@H](O)C[C@H]3C2)ccc1-c1cc2nccc(-c3ccc(OC4CCOCC4)c(C#N)c3)c2o1. The van der Waals surface area contributed by atoms with Crippen molar-refractivity contribution in [3.8, 4) is 40.0 Å². The monoisotopic (exact) mass is 579 g/mol. The van der Waals surface area contributed by atoms with Gasteiger partial charge in [0, 0.05) is 49.3 Å². The fraction of sp³-hybridized carbons (Fsp3) is 0.382. The Labute approximate surface area is 249 Å². The number of hydrogen-bond acceptors (Lipinski definition) is 8. The molecule has 2 aliphatic heterocycles. The van der Waals surface area contributed by atoms with Crippen molar-refractivity contribution in [2.75, 3.05) is 33.4 Å². The predicted octanol–water partition coefficient (Wildman–Crippen LogP) is 5.44. The Hall–Kier alpha value is -4.39. The molecule has 7 rings (SSSR count). The molecule has 220 valence electrons. The van der Waals surface area contributed by atoms with Crippen LogP contribution in [0.5, 0.6) is 11.5 Å². The van der Waals surface area contributed by atoms with Gasteiger partial charge in [0.2, 0.25) is 0 Å². The molecule has 1 saturated carbocycles. The summed E-state index contributed by atoms with van der Waals surface area (Å²) in [6.07, 6.45) is 4.65. The minimum absolute atomic E-state index is 0.0279. The molecular weight excluding hydrogens is 546 g/mol. The molecule has 9 nitrogen and oxygen atoms in total. The third-order valence-corrected chi connectivity index (χ3v) is 9.01. The van der Waals surface area contributed by atoms with Crippen molar-refractivity contribution in [3.05, 3.63) is 65.9 Å². The standard InChI is InChI=1S/C34H33N3O6/c1-40-31-15-21(34(39)37-18-23-13-25(38)14-24(23)19-37)2-4-28(31)32-16-29-33(43-32)27(6-9-36-29)20-3-5-30(22(12-20)17-35)42-26-7-10-41-11-8-26/h2-6,9,12,15-16,23-26,38H,7-8,10-11,13-14,18-19H2,1H3/t23-,24?,25-/m0/s1. The van der Waals surface area contributed by atoms with E-state index < -0.39 is 0 Å². The molecule has 0 bridgehead atoms. The fourth-order valence-corrected chi connectivity index (χ4v) is 6.80. The zero-order valence-electron chi connectivity index (χ0n) is 24.0. The summed E-state index contributed by atoms with van der Waals surface area (Å²) in [5, 5.41) is 19.8. The number of pyridine rings is 1. The number of nitrogens with zero attached hydrogens (tertiary/aromatic N) is 3. The van der Waals surface area contributed by atoms with Crippen LogP contribution >= 0.6 is 0 Å². The van der Waals surface area contributed by atoms with E-state index in [2.05, 4.69) is 11.1 Å². The third kappa shape index (κ3) is 5.22. The van der Waals surface area contributed by atoms with Crippen LogP contribution in [0.25, 0.3) is 33.6 Å². The first-order valence-electron chi connectivity index (χ1n) is 14.8. The first-order chi connectivity index (χ1) is 21.0. The van der Waals surface area contributed by atoms with Gasteiger partial charge >= 0.3 is 0 Å². The van der Waals surface area contributed by atoms with Crippen LogP contribution in [0.1, 0.15) is 41.6 Å². The summed E-state index contributed by atoms with van der Waals surface area (Å²) in [7, 11) is 1.58. The molecule has 0 spiro atoms. The molecule has 1 aliphatic carbocycles. The number of fused-ring (bicyclic) bond motifs is 2. The Bertz CT molecular complexity index is 1710. The van der Waals surface area contributed by atoms with Crippen LogP contribution in [-0.4, -0.2) is 66.5 Å². The van der Waals surface area contributed by atoms with E-state index in [1.807, 2.05) is 41.3 Å². The summed E-state index contributed by atoms with van der Waals surface area (Å²) >= 11 is 0. The van der Waals surface area contributed by atoms with Crippen molar-refractivity contribution in [2.45, 2.75) is 37.9 Å². The van der Waals surface area contributed by atoms with E-state index in [0.717, 1.165) is 36.8 Å². The number of hydrogen-bond donors (Lipinski definition) is 1. The molecule has 1 unspecified atom stereocenters. The largest absolute Gasteiger partial charge is 0.496 e. The van der Waals surface area contributed by atoms with E-state index in [1.54, 1.807) is 25.4 Å². The van der Waals surface area contributed by atoms with Gasteiger partial charge in [0.1, 0.15) is 34.9 Å². The van der Waals surface area contributed by atoms with Gasteiger partial charge in [-0.2, -0.15) is 5.26 Å². The Balaban J connectivity index is 1.16. The molecular formula is C34H33N3O6. The fourth-order valence-electron chi connectivity index (χ4n) is 6.80. The molecule has 2 aromatic carbocycles. The van der Waals surface area contributed by atoms with E-state index in [0.29, 0.717) is 83.2 Å². The number of methoxy groups -OCH3 is 1. The number of carbonyl (C=O) groups is 1. The number of aliphatic hydroxyl groups excluding tert-OH is 1. The molecule has 9 heteroatoms. The van der Waals surface area contributed by atoms with Crippen LogP contribution < -0.4 is 9.47 Å². The predicted molar refractivity (Wildman–Crippen MR) is 159 cm³/mol. The van der Waals surface area contributed by atoms with Crippen molar-refractivity contribution >= 4 is 17.0 Å². The third-order valence-electron chi connectivity index (χ3n) is 9.01. The van der Waals surface area contributed by atoms with Crippen LogP contribution in [0.4, 0.5) is 0 Å². The van der Waals surface area contributed by atoms with Crippen LogP contribution in [0.2, 0.25) is 0 Å². The van der Waals surface area contributed by atoms with Gasteiger partial charge in [0.25, 0.3) is 5.91 Å². The van der Waals surface area contributed by atoms with Crippen LogP contribution in [-0.2, 0) is 4.74 Å². The van der Waals surface area contributed by atoms with Gasteiger partial charge < -0.3 is 28.6 Å². The number of carbonyl (C=O) groups excluding carboxylic acids is 1. The zero-order chi connectivity index (χ0) is 29.5. The summed E-state index contributed by atoms with van der Waals surface area (Å²) in [6, 6.07) is 17.0. The molecule has 4 aromatic rings. The number of furan rings is 1. The summed E-state index contributed by atoms with van der Waals surface area (Å²) in [5.41, 5.74) is 4.61. The quantitative estimate of drug-likeness (QED) is 0.321. The van der Waals surface area contributed by atoms with Crippen LogP contribution in [0.3, 0.4) is 0 Å². The smallest absolute Gasteiger partial charge is 0.254 e. The van der Waals surface area contributed by atoms with E-state index >= 15 is 0 Å². The summed E-state index contributed by atoms with van der Waals surface area (Å²) < 4.78 is 23.7. The highest BCUT2D eigenvalue weighted by Gasteiger charge is 2.42. The maximum atomic E-state index is 13.3. The summed E-state index contributed by atoms with van der Waals surface area (Å²) in [6.45, 7) is 2.68.